The van der Waals surface area contributed by atoms with Gasteiger partial charge in [0, 0.05) is 13.8 Å². The lowest BCUT2D eigenvalue weighted by atomic mass is 9.94. The first kappa shape index (κ1) is 23.9. The minimum absolute atomic E-state index is 0.568. The summed E-state index contributed by atoms with van der Waals surface area (Å²) in [6.45, 7) is 0.962. The standard InChI is InChI=1S/C16H28N2O11/c1-5(21)17-9-13(25)14(8(4-20)27-15(9)26)29-16-10(18-6(2)22)12(24)11(23)7(3-19)28-16/h7-16,19-20,23-26H,3-4H2,1-2H3,(H,17,21)(H,18,22)/t7?,8?,9?,10?,11-,12+,13+,14-,15-,16+/m1/s1. The molecule has 2 amide bonds. The number of rotatable bonds is 6. The maximum Gasteiger partial charge on any atom is 0.217 e. The van der Waals surface area contributed by atoms with Crippen molar-refractivity contribution in [3.05, 3.63) is 0 Å². The van der Waals surface area contributed by atoms with E-state index >= 15 is 0 Å². The lowest BCUT2D eigenvalue weighted by molar-refractivity contribution is -0.327. The fourth-order valence-corrected chi connectivity index (χ4v) is 3.38. The van der Waals surface area contributed by atoms with Gasteiger partial charge in [-0.25, -0.2) is 0 Å². The van der Waals surface area contributed by atoms with Gasteiger partial charge in [0.2, 0.25) is 11.8 Å². The van der Waals surface area contributed by atoms with E-state index in [4.69, 9.17) is 14.2 Å². The van der Waals surface area contributed by atoms with Crippen molar-refractivity contribution >= 4 is 11.8 Å². The van der Waals surface area contributed by atoms with Gasteiger partial charge in [-0.2, -0.15) is 0 Å². The maximum absolute atomic E-state index is 11.5. The molecular weight excluding hydrogens is 396 g/mol. The van der Waals surface area contributed by atoms with E-state index in [1.807, 2.05) is 0 Å². The van der Waals surface area contributed by atoms with Crippen LogP contribution in [0.25, 0.3) is 0 Å². The van der Waals surface area contributed by atoms with Crippen molar-refractivity contribution in [2.45, 2.75) is 75.1 Å². The molecule has 0 aromatic rings. The summed E-state index contributed by atoms with van der Waals surface area (Å²) in [7, 11) is 0. The Bertz CT molecular complexity index is 579. The van der Waals surface area contributed by atoms with Crippen LogP contribution in [-0.4, -0.2) is 117 Å². The van der Waals surface area contributed by atoms with Crippen LogP contribution in [-0.2, 0) is 23.8 Å². The molecule has 29 heavy (non-hydrogen) atoms. The molecule has 8 N–H and O–H groups in total. The molecule has 0 aliphatic carbocycles. The van der Waals surface area contributed by atoms with Crippen LogP contribution in [0.3, 0.4) is 0 Å². The summed E-state index contributed by atoms with van der Waals surface area (Å²) in [6, 6.07) is -2.59. The molecule has 0 saturated carbocycles. The minimum atomic E-state index is -1.64. The summed E-state index contributed by atoms with van der Waals surface area (Å²) in [6.07, 6.45) is -11.7. The quantitative estimate of drug-likeness (QED) is 0.202. The van der Waals surface area contributed by atoms with E-state index in [1.165, 1.54) is 0 Å². The number of hydrogen-bond acceptors (Lipinski definition) is 11. The van der Waals surface area contributed by atoms with Gasteiger partial charge in [-0.05, 0) is 0 Å². The Hall–Kier alpha value is -1.42. The molecule has 0 aromatic carbocycles. The van der Waals surface area contributed by atoms with Gasteiger partial charge in [-0.3, -0.25) is 9.59 Å². The number of aliphatic hydroxyl groups is 6. The van der Waals surface area contributed by atoms with E-state index in [-0.39, 0.29) is 0 Å². The first-order valence-electron chi connectivity index (χ1n) is 9.05. The molecule has 168 valence electrons. The zero-order valence-corrected chi connectivity index (χ0v) is 15.9. The number of hydrogen-bond donors (Lipinski definition) is 8. The van der Waals surface area contributed by atoms with Crippen molar-refractivity contribution in [2.24, 2.45) is 0 Å². The predicted octanol–water partition coefficient (Wildman–Crippen LogP) is -5.11. The molecule has 0 aromatic heterocycles. The molecule has 2 heterocycles. The lowest BCUT2D eigenvalue weighted by Crippen LogP contribution is -2.69. The predicted molar refractivity (Wildman–Crippen MR) is 91.8 cm³/mol. The third kappa shape index (κ3) is 5.39. The van der Waals surface area contributed by atoms with E-state index in [0.29, 0.717) is 0 Å². The Morgan fingerprint density at radius 1 is 0.828 bits per heavy atom. The van der Waals surface area contributed by atoms with E-state index in [9.17, 15) is 40.2 Å². The SMILES string of the molecule is CC(=O)NC1[C@H](O[C@@H]2C(CO)O[C@@H](O)C(NC(C)=O)[C@@H]2O)OC(CO)[C@@H](O)[C@H]1O. The topological polar surface area (TPSA) is 207 Å². The summed E-state index contributed by atoms with van der Waals surface area (Å²) >= 11 is 0. The first-order chi connectivity index (χ1) is 13.6. The molecular formula is C16H28N2O11. The van der Waals surface area contributed by atoms with Crippen LogP contribution in [0.5, 0.6) is 0 Å². The first-order valence-corrected chi connectivity index (χ1v) is 9.05. The second-order valence-electron chi connectivity index (χ2n) is 7.00. The van der Waals surface area contributed by atoms with Crippen LogP contribution in [0.15, 0.2) is 0 Å². The average molecular weight is 424 g/mol. The molecule has 4 unspecified atom stereocenters. The van der Waals surface area contributed by atoms with Crippen molar-refractivity contribution in [3.63, 3.8) is 0 Å². The van der Waals surface area contributed by atoms with Crippen molar-refractivity contribution in [1.29, 1.82) is 0 Å². The van der Waals surface area contributed by atoms with Gasteiger partial charge < -0.3 is 55.5 Å². The fourth-order valence-electron chi connectivity index (χ4n) is 3.38. The third-order valence-corrected chi connectivity index (χ3v) is 4.78. The molecule has 2 aliphatic heterocycles. The van der Waals surface area contributed by atoms with Crippen LogP contribution in [0.1, 0.15) is 13.8 Å². The molecule has 2 saturated heterocycles. The van der Waals surface area contributed by atoms with Gasteiger partial charge in [0.15, 0.2) is 12.6 Å². The van der Waals surface area contributed by atoms with Crippen LogP contribution in [0.4, 0.5) is 0 Å². The van der Waals surface area contributed by atoms with Crippen LogP contribution >= 0.6 is 0 Å². The molecule has 2 aliphatic rings. The highest BCUT2D eigenvalue weighted by Gasteiger charge is 2.51. The maximum atomic E-state index is 11.5. The van der Waals surface area contributed by atoms with Crippen molar-refractivity contribution in [2.75, 3.05) is 13.2 Å². The van der Waals surface area contributed by atoms with Gasteiger partial charge in [0.05, 0.1) is 13.2 Å². The van der Waals surface area contributed by atoms with E-state index in [0.717, 1.165) is 13.8 Å². The second kappa shape index (κ2) is 10.1. The monoisotopic (exact) mass is 424 g/mol. The summed E-state index contributed by atoms with van der Waals surface area (Å²) in [4.78, 5) is 22.8. The number of ether oxygens (including phenoxy) is 3. The molecule has 0 spiro atoms. The number of carbonyl (C=O) groups is 2. The van der Waals surface area contributed by atoms with Gasteiger partial charge >= 0.3 is 0 Å². The number of amides is 2. The van der Waals surface area contributed by atoms with Crippen molar-refractivity contribution in [3.8, 4) is 0 Å². The molecule has 2 fully saturated rings. The lowest BCUT2D eigenvalue weighted by Gasteiger charge is -2.47. The van der Waals surface area contributed by atoms with Gasteiger partial charge in [0.1, 0.15) is 48.7 Å². The Morgan fingerprint density at radius 2 is 1.38 bits per heavy atom. The van der Waals surface area contributed by atoms with Gasteiger partial charge in [0.25, 0.3) is 0 Å². The molecule has 13 nitrogen and oxygen atoms in total. The molecule has 0 radical (unpaired) electrons. The summed E-state index contributed by atoms with van der Waals surface area (Å²) < 4.78 is 16.3. The van der Waals surface area contributed by atoms with Crippen molar-refractivity contribution in [1.82, 2.24) is 10.6 Å². The summed E-state index contributed by atoms with van der Waals surface area (Å²) in [5.41, 5.74) is 0. The van der Waals surface area contributed by atoms with E-state index in [1.54, 1.807) is 0 Å². The van der Waals surface area contributed by atoms with Crippen LogP contribution < -0.4 is 10.6 Å². The van der Waals surface area contributed by atoms with Gasteiger partial charge in [-0.1, -0.05) is 0 Å². The highest BCUT2D eigenvalue weighted by atomic mass is 16.7. The zero-order valence-electron chi connectivity index (χ0n) is 15.9. The molecule has 0 bridgehead atoms. The highest BCUT2D eigenvalue weighted by molar-refractivity contribution is 5.73. The van der Waals surface area contributed by atoms with Crippen LogP contribution in [0.2, 0.25) is 0 Å². The van der Waals surface area contributed by atoms with Gasteiger partial charge in [-0.15, -0.1) is 0 Å². The summed E-state index contributed by atoms with van der Waals surface area (Å²) in [5, 5.41) is 64.5. The largest absolute Gasteiger partial charge is 0.394 e. The fraction of sp³-hybridized carbons (Fsp3) is 0.875. The third-order valence-electron chi connectivity index (χ3n) is 4.78. The number of nitrogens with one attached hydrogen (secondary N) is 2. The Balaban J connectivity index is 2.26. The smallest absolute Gasteiger partial charge is 0.217 e. The van der Waals surface area contributed by atoms with Crippen LogP contribution in [0, 0.1) is 0 Å². The normalized spacial score (nSPS) is 42.9. The molecule has 13 heteroatoms. The Labute approximate surface area is 166 Å². The molecule has 10 atom stereocenters. The minimum Gasteiger partial charge on any atom is -0.394 e. The number of aliphatic hydroxyl groups excluding tert-OH is 6. The molecule has 2 rings (SSSR count). The van der Waals surface area contributed by atoms with E-state index < -0.39 is 86.3 Å². The zero-order chi connectivity index (χ0) is 21.9. The number of carbonyl (C=O) groups excluding carboxylic acids is 2. The summed E-state index contributed by atoms with van der Waals surface area (Å²) in [5.74, 6) is -1.14. The van der Waals surface area contributed by atoms with Crippen molar-refractivity contribution < 1.29 is 54.4 Å². The van der Waals surface area contributed by atoms with E-state index in [2.05, 4.69) is 10.6 Å². The Morgan fingerprint density at radius 3 is 1.90 bits per heavy atom. The second-order valence-corrected chi connectivity index (χ2v) is 7.00. The Kier molecular flexibility index (Phi) is 8.28. The average Bonchev–Trinajstić information content (AvgIpc) is 2.65. The highest BCUT2D eigenvalue weighted by Crippen LogP contribution is 2.28.